The molecule has 3 aromatic heterocycles. The smallest absolute Gasteiger partial charge is 0.338 e. The van der Waals surface area contributed by atoms with Crippen molar-refractivity contribution in [1.82, 2.24) is 19.7 Å². The molecule has 3 heterocycles. The molecule has 142 valence electrons. The lowest BCUT2D eigenvalue weighted by molar-refractivity contribution is 0.0280. The Morgan fingerprint density at radius 2 is 2.04 bits per heavy atom. The average molecular weight is 396 g/mol. The van der Waals surface area contributed by atoms with Crippen molar-refractivity contribution in [2.75, 3.05) is 0 Å². The molecular formula is C19H16N4O4S. The van der Waals surface area contributed by atoms with Crippen molar-refractivity contribution in [2.24, 2.45) is 0 Å². The highest BCUT2D eigenvalue weighted by Crippen LogP contribution is 2.26. The molecule has 9 heteroatoms. The van der Waals surface area contributed by atoms with E-state index in [0.717, 1.165) is 10.6 Å². The van der Waals surface area contributed by atoms with Gasteiger partial charge in [0.05, 0.1) is 16.1 Å². The third-order valence-corrected chi connectivity index (χ3v) is 4.98. The second kappa shape index (κ2) is 7.28. The van der Waals surface area contributed by atoms with E-state index in [4.69, 9.17) is 9.15 Å². The van der Waals surface area contributed by atoms with Crippen LogP contribution in [-0.4, -0.2) is 25.7 Å². The first-order valence-electron chi connectivity index (χ1n) is 8.48. The molecule has 0 fully saturated rings. The number of hydrogen-bond donors (Lipinski definition) is 1. The van der Waals surface area contributed by atoms with Crippen LogP contribution in [0, 0.1) is 6.92 Å². The molecule has 4 rings (SSSR count). The van der Waals surface area contributed by atoms with Gasteiger partial charge in [-0.3, -0.25) is 4.57 Å². The zero-order valence-electron chi connectivity index (χ0n) is 15.1. The van der Waals surface area contributed by atoms with E-state index >= 15 is 0 Å². The van der Waals surface area contributed by atoms with Crippen LogP contribution in [0.1, 0.15) is 35.0 Å². The number of H-pyrrole nitrogens is 1. The number of nitrogens with one attached hydrogen (secondary N) is 1. The zero-order valence-corrected chi connectivity index (χ0v) is 15.9. The lowest BCUT2D eigenvalue weighted by Crippen LogP contribution is -2.16. The van der Waals surface area contributed by atoms with Gasteiger partial charge in [-0.25, -0.2) is 9.59 Å². The number of aryl methyl sites for hydroxylation is 1. The molecule has 1 aromatic carbocycles. The van der Waals surface area contributed by atoms with E-state index in [1.807, 2.05) is 24.4 Å². The van der Waals surface area contributed by atoms with Gasteiger partial charge < -0.3 is 14.1 Å². The van der Waals surface area contributed by atoms with Crippen molar-refractivity contribution >= 4 is 17.3 Å². The molecule has 4 aromatic rings. The Morgan fingerprint density at radius 1 is 1.25 bits per heavy atom. The summed E-state index contributed by atoms with van der Waals surface area (Å²) in [6.07, 6.45) is 0.934. The van der Waals surface area contributed by atoms with Gasteiger partial charge in [0.25, 0.3) is 11.8 Å². The lowest BCUT2D eigenvalue weighted by Gasteiger charge is -2.10. The summed E-state index contributed by atoms with van der Waals surface area (Å²) in [5, 5.41) is 9.85. The van der Waals surface area contributed by atoms with E-state index < -0.39 is 12.1 Å². The Morgan fingerprint density at radius 3 is 2.68 bits per heavy atom. The molecule has 1 atom stereocenters. The van der Waals surface area contributed by atoms with Crippen LogP contribution in [0.25, 0.3) is 16.5 Å². The summed E-state index contributed by atoms with van der Waals surface area (Å²) in [5.41, 5.74) is 1.55. The van der Waals surface area contributed by atoms with Crippen LogP contribution in [0.15, 0.2) is 57.2 Å². The summed E-state index contributed by atoms with van der Waals surface area (Å²) in [4.78, 5) is 27.7. The Labute approximate surface area is 163 Å². The maximum atomic E-state index is 12.4. The number of aromatic amines is 1. The highest BCUT2D eigenvalue weighted by molar-refractivity contribution is 7.13. The van der Waals surface area contributed by atoms with Crippen molar-refractivity contribution in [3.8, 4) is 16.5 Å². The first kappa shape index (κ1) is 17.9. The summed E-state index contributed by atoms with van der Waals surface area (Å²) in [7, 11) is 0. The van der Waals surface area contributed by atoms with Crippen LogP contribution < -0.4 is 5.69 Å². The predicted octanol–water partition coefficient (Wildman–Crippen LogP) is 3.50. The minimum absolute atomic E-state index is 0.225. The van der Waals surface area contributed by atoms with Crippen molar-refractivity contribution in [3.63, 3.8) is 0 Å². The fourth-order valence-electron chi connectivity index (χ4n) is 2.70. The molecule has 0 saturated heterocycles. The highest BCUT2D eigenvalue weighted by atomic mass is 32.1. The summed E-state index contributed by atoms with van der Waals surface area (Å²) in [6.45, 7) is 3.48. The molecule has 0 amide bonds. The van der Waals surface area contributed by atoms with Crippen LogP contribution in [0.4, 0.5) is 0 Å². The number of aromatic nitrogens is 4. The Kier molecular flexibility index (Phi) is 4.66. The molecule has 1 unspecified atom stereocenters. The second-order valence-corrected chi connectivity index (χ2v) is 7.04. The number of rotatable bonds is 5. The maximum absolute atomic E-state index is 12.4. The van der Waals surface area contributed by atoms with Crippen LogP contribution in [-0.2, 0) is 4.74 Å². The number of esters is 1. The molecule has 0 spiro atoms. The second-order valence-electron chi connectivity index (χ2n) is 6.09. The molecule has 0 saturated carbocycles. The van der Waals surface area contributed by atoms with E-state index in [0.29, 0.717) is 17.1 Å². The molecule has 0 aliphatic carbocycles. The molecule has 0 aliphatic heterocycles. The van der Waals surface area contributed by atoms with E-state index in [9.17, 15) is 9.59 Å². The fraction of sp³-hybridized carbons (Fsp3) is 0.158. The van der Waals surface area contributed by atoms with Gasteiger partial charge >= 0.3 is 11.7 Å². The Hall–Kier alpha value is -3.46. The molecule has 0 radical (unpaired) electrons. The summed E-state index contributed by atoms with van der Waals surface area (Å²) < 4.78 is 12.5. The predicted molar refractivity (Wildman–Crippen MR) is 103 cm³/mol. The zero-order chi connectivity index (χ0) is 19.7. The van der Waals surface area contributed by atoms with Gasteiger partial charge in [0.2, 0.25) is 0 Å². The summed E-state index contributed by atoms with van der Waals surface area (Å²) in [6, 6.07) is 10.3. The Balaban J connectivity index is 1.47. The number of hydrogen-bond acceptors (Lipinski definition) is 7. The number of ether oxygens (including phenoxy) is 1. The van der Waals surface area contributed by atoms with Crippen LogP contribution in [0.3, 0.4) is 0 Å². The standard InChI is InChI=1S/C19H16N4O4S/c1-11-10-20-19(25)23(11)14-7-5-13(6-8-14)18(24)26-12(2)16-21-22-17(27-16)15-4-3-9-28-15/h3-10,12H,1-2H3,(H,20,25). The van der Waals surface area contributed by atoms with Crippen molar-refractivity contribution in [2.45, 2.75) is 20.0 Å². The van der Waals surface area contributed by atoms with Crippen molar-refractivity contribution in [1.29, 1.82) is 0 Å². The largest absolute Gasteiger partial charge is 0.449 e. The topological polar surface area (TPSA) is 103 Å². The number of carbonyl (C=O) groups is 1. The summed E-state index contributed by atoms with van der Waals surface area (Å²) in [5.74, 6) is 0.0977. The number of nitrogens with zero attached hydrogens (tertiary/aromatic N) is 3. The van der Waals surface area contributed by atoms with Gasteiger partial charge in [0, 0.05) is 11.9 Å². The quantitative estimate of drug-likeness (QED) is 0.518. The van der Waals surface area contributed by atoms with E-state index in [1.54, 1.807) is 37.4 Å². The third kappa shape index (κ3) is 3.39. The van der Waals surface area contributed by atoms with Crippen molar-refractivity contribution < 1.29 is 13.9 Å². The molecule has 0 bridgehead atoms. The van der Waals surface area contributed by atoms with Gasteiger partial charge in [-0.15, -0.1) is 21.5 Å². The monoisotopic (exact) mass is 396 g/mol. The number of carbonyl (C=O) groups excluding carboxylic acids is 1. The van der Waals surface area contributed by atoms with Crippen molar-refractivity contribution in [3.05, 3.63) is 75.6 Å². The molecule has 28 heavy (non-hydrogen) atoms. The van der Waals surface area contributed by atoms with Gasteiger partial charge in [-0.2, -0.15) is 0 Å². The number of imidazole rings is 1. The molecule has 1 N–H and O–H groups in total. The third-order valence-electron chi connectivity index (χ3n) is 4.13. The molecular weight excluding hydrogens is 380 g/mol. The fourth-order valence-corrected chi connectivity index (χ4v) is 3.34. The molecule has 0 aliphatic rings. The first-order valence-corrected chi connectivity index (χ1v) is 9.36. The van der Waals surface area contributed by atoms with Gasteiger partial charge in [0.1, 0.15) is 0 Å². The normalized spacial score (nSPS) is 12.1. The van der Waals surface area contributed by atoms with Gasteiger partial charge in [0.15, 0.2) is 6.10 Å². The SMILES string of the molecule is Cc1c[nH]c(=O)n1-c1ccc(C(=O)OC(C)c2nnc(-c3cccs3)o2)cc1. The maximum Gasteiger partial charge on any atom is 0.338 e. The van der Waals surface area contributed by atoms with Gasteiger partial charge in [-0.1, -0.05) is 6.07 Å². The number of benzene rings is 1. The Bertz CT molecular complexity index is 1160. The lowest BCUT2D eigenvalue weighted by atomic mass is 10.2. The van der Waals surface area contributed by atoms with E-state index in [2.05, 4.69) is 15.2 Å². The number of thiophene rings is 1. The van der Waals surface area contributed by atoms with Crippen LogP contribution in [0.2, 0.25) is 0 Å². The van der Waals surface area contributed by atoms with Crippen LogP contribution >= 0.6 is 11.3 Å². The molecule has 8 nitrogen and oxygen atoms in total. The minimum Gasteiger partial charge on any atom is -0.449 e. The van der Waals surface area contributed by atoms with Crippen LogP contribution in [0.5, 0.6) is 0 Å². The van der Waals surface area contributed by atoms with E-state index in [-0.39, 0.29) is 11.6 Å². The van der Waals surface area contributed by atoms with Gasteiger partial charge in [-0.05, 0) is 49.6 Å². The average Bonchev–Trinajstić information content (AvgIpc) is 3.43. The first-order chi connectivity index (χ1) is 13.5. The minimum atomic E-state index is -0.692. The summed E-state index contributed by atoms with van der Waals surface area (Å²) >= 11 is 1.48. The van der Waals surface area contributed by atoms with E-state index in [1.165, 1.54) is 15.9 Å². The highest BCUT2D eigenvalue weighted by Gasteiger charge is 2.20.